The summed E-state index contributed by atoms with van der Waals surface area (Å²) in [5, 5.41) is 2.82. The van der Waals surface area contributed by atoms with Gasteiger partial charge in [0, 0.05) is 20.6 Å². The minimum atomic E-state index is -0.832. The van der Waals surface area contributed by atoms with Crippen molar-refractivity contribution >= 4 is 57.1 Å². The van der Waals surface area contributed by atoms with Crippen LogP contribution in [0.25, 0.3) is 6.08 Å². The first-order valence-electron chi connectivity index (χ1n) is 10.7. The van der Waals surface area contributed by atoms with Crippen LogP contribution in [0.1, 0.15) is 18.1 Å². The second-order valence-corrected chi connectivity index (χ2v) is 8.77. The summed E-state index contributed by atoms with van der Waals surface area (Å²) in [5.41, 5.74) is 1.45. The van der Waals surface area contributed by atoms with Crippen molar-refractivity contribution in [3.63, 3.8) is 0 Å². The lowest BCUT2D eigenvalue weighted by Crippen LogP contribution is -2.54. The molecule has 1 saturated heterocycles. The second-order valence-electron chi connectivity index (χ2n) is 7.45. The number of hydrogen-bond donors (Lipinski definition) is 1. The van der Waals surface area contributed by atoms with E-state index in [9.17, 15) is 14.4 Å². The molecule has 9 heteroatoms. The maximum atomic E-state index is 13.2. The molecule has 0 saturated carbocycles. The van der Waals surface area contributed by atoms with Crippen LogP contribution in [-0.4, -0.2) is 24.5 Å². The smallest absolute Gasteiger partial charge is 0.335 e. The zero-order chi connectivity index (χ0) is 24.9. The van der Waals surface area contributed by atoms with Gasteiger partial charge in [-0.1, -0.05) is 45.7 Å². The summed E-state index contributed by atoms with van der Waals surface area (Å²) >= 11 is 9.54. The zero-order valence-electron chi connectivity index (χ0n) is 18.6. The van der Waals surface area contributed by atoms with Crippen molar-refractivity contribution in [2.75, 3.05) is 11.5 Å². The maximum Gasteiger partial charge on any atom is 0.335 e. The van der Waals surface area contributed by atoms with Gasteiger partial charge in [0.1, 0.15) is 23.7 Å². The zero-order valence-corrected chi connectivity index (χ0v) is 20.9. The lowest BCUT2D eigenvalue weighted by atomic mass is 10.1. The average Bonchev–Trinajstić information content (AvgIpc) is 2.83. The molecule has 7 nitrogen and oxygen atoms in total. The van der Waals surface area contributed by atoms with Crippen LogP contribution in [-0.2, 0) is 16.2 Å². The van der Waals surface area contributed by atoms with Crippen molar-refractivity contribution in [3.05, 3.63) is 92.9 Å². The highest BCUT2D eigenvalue weighted by Gasteiger charge is 2.37. The molecular weight excluding hydrogens is 536 g/mol. The van der Waals surface area contributed by atoms with Crippen molar-refractivity contribution in [2.24, 2.45) is 0 Å². The Morgan fingerprint density at radius 2 is 1.74 bits per heavy atom. The standard InChI is InChI=1S/C26H20BrClN2O5/c1-2-34-23-12-7-18(27)13-17(23)14-21-24(31)29-26(33)30(25(21)32)19-8-10-20(11-9-19)35-15-16-5-3-4-6-22(16)28/h3-14H,2,15H2,1H3,(H,29,31,33)/b21-14+. The van der Waals surface area contributed by atoms with E-state index in [0.29, 0.717) is 28.7 Å². The number of hydrogen-bond acceptors (Lipinski definition) is 5. The minimum Gasteiger partial charge on any atom is -0.493 e. The number of ether oxygens (including phenoxy) is 2. The summed E-state index contributed by atoms with van der Waals surface area (Å²) in [6, 6.07) is 18.2. The Morgan fingerprint density at radius 1 is 1.00 bits per heavy atom. The summed E-state index contributed by atoms with van der Waals surface area (Å²) in [5.74, 6) is -0.489. The van der Waals surface area contributed by atoms with E-state index in [4.69, 9.17) is 21.1 Å². The number of barbiturate groups is 1. The number of nitrogens with zero attached hydrogens (tertiary/aromatic N) is 1. The Kier molecular flexibility index (Phi) is 7.53. The normalized spacial score (nSPS) is 14.8. The molecule has 4 amide bonds. The molecule has 1 heterocycles. The highest BCUT2D eigenvalue weighted by atomic mass is 79.9. The number of carbonyl (C=O) groups excluding carboxylic acids is 3. The van der Waals surface area contributed by atoms with E-state index in [1.165, 1.54) is 6.08 Å². The lowest BCUT2D eigenvalue weighted by Gasteiger charge is -2.26. The molecule has 178 valence electrons. The molecular formula is C26H20BrClN2O5. The quantitative estimate of drug-likeness (QED) is 0.297. The van der Waals surface area contributed by atoms with Crippen molar-refractivity contribution in [2.45, 2.75) is 13.5 Å². The molecule has 0 spiro atoms. The predicted molar refractivity (Wildman–Crippen MR) is 137 cm³/mol. The van der Waals surface area contributed by atoms with Gasteiger partial charge in [-0.2, -0.15) is 0 Å². The van der Waals surface area contributed by atoms with E-state index in [2.05, 4.69) is 21.2 Å². The van der Waals surface area contributed by atoms with E-state index >= 15 is 0 Å². The predicted octanol–water partition coefficient (Wildman–Crippen LogP) is 5.75. The first kappa shape index (κ1) is 24.5. The topological polar surface area (TPSA) is 84.9 Å². The van der Waals surface area contributed by atoms with Crippen LogP contribution in [0.2, 0.25) is 5.02 Å². The number of anilines is 1. The number of imide groups is 2. The molecule has 0 bridgehead atoms. The monoisotopic (exact) mass is 554 g/mol. The third kappa shape index (κ3) is 5.55. The Labute approximate surface area is 215 Å². The molecule has 0 atom stereocenters. The molecule has 35 heavy (non-hydrogen) atoms. The number of benzene rings is 3. The molecule has 1 N–H and O–H groups in total. The Morgan fingerprint density at radius 3 is 2.46 bits per heavy atom. The van der Waals surface area contributed by atoms with Crippen molar-refractivity contribution in [3.8, 4) is 11.5 Å². The van der Waals surface area contributed by atoms with Crippen LogP contribution in [0, 0.1) is 0 Å². The van der Waals surface area contributed by atoms with Gasteiger partial charge < -0.3 is 9.47 Å². The van der Waals surface area contributed by atoms with Gasteiger partial charge in [0.25, 0.3) is 11.8 Å². The number of rotatable bonds is 7. The van der Waals surface area contributed by atoms with Crippen LogP contribution in [0.5, 0.6) is 11.5 Å². The van der Waals surface area contributed by atoms with Crippen molar-refractivity contribution in [1.82, 2.24) is 5.32 Å². The van der Waals surface area contributed by atoms with Gasteiger partial charge in [-0.15, -0.1) is 0 Å². The molecule has 3 aromatic rings. The Bertz CT molecular complexity index is 1320. The van der Waals surface area contributed by atoms with Gasteiger partial charge in [-0.05, 0) is 61.5 Å². The van der Waals surface area contributed by atoms with Crippen LogP contribution >= 0.6 is 27.5 Å². The first-order chi connectivity index (χ1) is 16.9. The lowest BCUT2D eigenvalue weighted by molar-refractivity contribution is -0.122. The minimum absolute atomic E-state index is 0.192. The van der Waals surface area contributed by atoms with Gasteiger partial charge in [-0.25, -0.2) is 9.69 Å². The van der Waals surface area contributed by atoms with Crippen LogP contribution in [0.3, 0.4) is 0 Å². The van der Waals surface area contributed by atoms with Crippen molar-refractivity contribution < 1.29 is 23.9 Å². The van der Waals surface area contributed by atoms with Crippen LogP contribution in [0.4, 0.5) is 10.5 Å². The summed E-state index contributed by atoms with van der Waals surface area (Å²) in [7, 11) is 0. The average molecular weight is 556 g/mol. The Hall–Kier alpha value is -3.62. The van der Waals surface area contributed by atoms with E-state index in [0.717, 1.165) is 14.9 Å². The number of halogens is 2. The molecule has 0 aliphatic carbocycles. The molecule has 0 unspecified atom stereocenters. The Balaban J connectivity index is 1.57. The summed E-state index contributed by atoms with van der Waals surface area (Å²) in [4.78, 5) is 39.2. The second kappa shape index (κ2) is 10.8. The third-order valence-electron chi connectivity index (χ3n) is 5.12. The fraction of sp³-hybridized carbons (Fsp3) is 0.115. The molecule has 1 aliphatic rings. The van der Waals surface area contributed by atoms with Gasteiger partial charge in [0.2, 0.25) is 0 Å². The van der Waals surface area contributed by atoms with Gasteiger partial charge >= 0.3 is 6.03 Å². The first-order valence-corrected chi connectivity index (χ1v) is 11.8. The molecule has 0 aromatic heterocycles. The number of amides is 4. The third-order valence-corrected chi connectivity index (χ3v) is 5.98. The number of nitrogens with one attached hydrogen (secondary N) is 1. The largest absolute Gasteiger partial charge is 0.493 e. The number of urea groups is 1. The van der Waals surface area contributed by atoms with Gasteiger partial charge in [-0.3, -0.25) is 14.9 Å². The SMILES string of the molecule is CCOc1ccc(Br)cc1/C=C1\C(=O)NC(=O)N(c2ccc(OCc3ccccc3Cl)cc2)C1=O. The molecule has 0 radical (unpaired) electrons. The van der Waals surface area contributed by atoms with E-state index in [1.54, 1.807) is 48.5 Å². The molecule has 3 aromatic carbocycles. The van der Waals surface area contributed by atoms with Crippen LogP contribution < -0.4 is 19.7 Å². The fourth-order valence-electron chi connectivity index (χ4n) is 3.43. The molecule has 4 rings (SSSR count). The molecule has 1 fully saturated rings. The summed E-state index contributed by atoms with van der Waals surface area (Å²) in [6.07, 6.45) is 1.41. The number of carbonyl (C=O) groups is 3. The summed E-state index contributed by atoms with van der Waals surface area (Å²) < 4.78 is 12.1. The van der Waals surface area contributed by atoms with Gasteiger partial charge in [0.15, 0.2) is 0 Å². The highest BCUT2D eigenvalue weighted by Crippen LogP contribution is 2.29. The fourth-order valence-corrected chi connectivity index (χ4v) is 4.00. The molecule has 1 aliphatic heterocycles. The van der Waals surface area contributed by atoms with Gasteiger partial charge in [0.05, 0.1) is 12.3 Å². The maximum absolute atomic E-state index is 13.2. The summed E-state index contributed by atoms with van der Waals surface area (Å²) in [6.45, 7) is 2.51. The van der Waals surface area contributed by atoms with E-state index in [1.807, 2.05) is 25.1 Å². The van der Waals surface area contributed by atoms with E-state index < -0.39 is 17.8 Å². The van der Waals surface area contributed by atoms with E-state index in [-0.39, 0.29) is 17.9 Å². The van der Waals surface area contributed by atoms with Crippen molar-refractivity contribution in [1.29, 1.82) is 0 Å². The highest BCUT2D eigenvalue weighted by molar-refractivity contribution is 9.10. The van der Waals surface area contributed by atoms with Crippen LogP contribution in [0.15, 0.2) is 76.8 Å².